The van der Waals surface area contributed by atoms with E-state index in [0.29, 0.717) is 35.4 Å². The number of anilines is 2. The molecule has 1 amide bonds. The predicted octanol–water partition coefficient (Wildman–Crippen LogP) is 5.03. The summed E-state index contributed by atoms with van der Waals surface area (Å²) in [4.78, 5) is 23.1. The first-order valence-electron chi connectivity index (χ1n) is 9.19. The highest BCUT2D eigenvalue weighted by atomic mass is 35.5. The van der Waals surface area contributed by atoms with Crippen LogP contribution in [-0.4, -0.2) is 22.4 Å². The quantitative estimate of drug-likeness (QED) is 0.596. The fourth-order valence-electron chi connectivity index (χ4n) is 2.97. The van der Waals surface area contributed by atoms with Crippen LogP contribution in [0.1, 0.15) is 34.2 Å². The van der Waals surface area contributed by atoms with Crippen LogP contribution in [-0.2, 0) is 6.54 Å². The van der Waals surface area contributed by atoms with Crippen molar-refractivity contribution in [1.29, 1.82) is 0 Å². The van der Waals surface area contributed by atoms with Gasteiger partial charge in [0, 0.05) is 30.4 Å². The van der Waals surface area contributed by atoms with Crippen LogP contribution < -0.4 is 10.2 Å². The Labute approximate surface area is 170 Å². The Morgan fingerprint density at radius 2 is 1.82 bits per heavy atom. The highest BCUT2D eigenvalue weighted by Gasteiger charge is 2.16. The number of nitrogens with zero attached hydrogens (tertiary/aromatic N) is 3. The maximum Gasteiger partial charge on any atom is 0.258 e. The summed E-state index contributed by atoms with van der Waals surface area (Å²) >= 11 is 5.96. The highest BCUT2D eigenvalue weighted by molar-refractivity contribution is 6.29. The second kappa shape index (κ2) is 8.85. The van der Waals surface area contributed by atoms with E-state index >= 15 is 0 Å². The van der Waals surface area contributed by atoms with Crippen LogP contribution in [0.25, 0.3) is 0 Å². The SMILES string of the molecule is CCN(C(=O)c1ccc(CNc2cc(Cl)nc(C)n2)cc1)c1cccc(C)c1. The van der Waals surface area contributed by atoms with Gasteiger partial charge >= 0.3 is 0 Å². The van der Waals surface area contributed by atoms with E-state index in [2.05, 4.69) is 15.3 Å². The maximum absolute atomic E-state index is 12.9. The zero-order valence-corrected chi connectivity index (χ0v) is 17.0. The molecule has 1 aromatic heterocycles. The lowest BCUT2D eigenvalue weighted by Crippen LogP contribution is -2.30. The number of hydrogen-bond donors (Lipinski definition) is 1. The molecule has 0 aliphatic carbocycles. The Kier molecular flexibility index (Phi) is 6.26. The molecule has 5 nitrogen and oxygen atoms in total. The lowest BCUT2D eigenvalue weighted by Gasteiger charge is -2.21. The fourth-order valence-corrected chi connectivity index (χ4v) is 3.20. The van der Waals surface area contributed by atoms with Crippen molar-refractivity contribution >= 4 is 29.0 Å². The summed E-state index contributed by atoms with van der Waals surface area (Å²) in [6, 6.07) is 17.3. The summed E-state index contributed by atoms with van der Waals surface area (Å²) in [5, 5.41) is 3.64. The third kappa shape index (κ3) is 4.87. The number of rotatable bonds is 6. The molecule has 144 valence electrons. The lowest BCUT2D eigenvalue weighted by molar-refractivity contribution is 0.0988. The molecule has 3 aromatic rings. The topological polar surface area (TPSA) is 58.1 Å². The molecule has 0 spiro atoms. The Morgan fingerprint density at radius 1 is 1.07 bits per heavy atom. The largest absolute Gasteiger partial charge is 0.366 e. The van der Waals surface area contributed by atoms with Crippen LogP contribution in [0.3, 0.4) is 0 Å². The molecular weight excluding hydrogens is 372 g/mol. The minimum absolute atomic E-state index is 0.00850. The summed E-state index contributed by atoms with van der Waals surface area (Å²) < 4.78 is 0. The summed E-state index contributed by atoms with van der Waals surface area (Å²) in [5.41, 5.74) is 3.75. The number of nitrogens with one attached hydrogen (secondary N) is 1. The number of hydrogen-bond acceptors (Lipinski definition) is 4. The Bertz CT molecular complexity index is 952. The number of aryl methyl sites for hydroxylation is 2. The van der Waals surface area contributed by atoms with E-state index in [4.69, 9.17) is 11.6 Å². The number of aromatic nitrogens is 2. The first-order chi connectivity index (χ1) is 13.5. The molecule has 0 unspecified atom stereocenters. The summed E-state index contributed by atoms with van der Waals surface area (Å²) in [7, 11) is 0. The normalized spacial score (nSPS) is 10.6. The molecule has 0 fully saturated rings. The van der Waals surface area contributed by atoms with Crippen LogP contribution in [0, 0.1) is 13.8 Å². The average molecular weight is 395 g/mol. The van der Waals surface area contributed by atoms with E-state index in [0.717, 1.165) is 16.8 Å². The maximum atomic E-state index is 12.9. The molecule has 28 heavy (non-hydrogen) atoms. The van der Waals surface area contributed by atoms with Crippen molar-refractivity contribution in [1.82, 2.24) is 9.97 Å². The van der Waals surface area contributed by atoms with Gasteiger partial charge in [-0.25, -0.2) is 9.97 Å². The Hall–Kier alpha value is -2.92. The molecular formula is C22H23ClN4O. The molecule has 3 rings (SSSR count). The fraction of sp³-hybridized carbons (Fsp3) is 0.227. The van der Waals surface area contributed by atoms with E-state index < -0.39 is 0 Å². The molecule has 0 bridgehead atoms. The van der Waals surface area contributed by atoms with E-state index in [1.807, 2.05) is 62.4 Å². The van der Waals surface area contributed by atoms with Crippen LogP contribution in [0.15, 0.2) is 54.6 Å². The zero-order chi connectivity index (χ0) is 20.1. The molecule has 0 aliphatic heterocycles. The average Bonchev–Trinajstić information content (AvgIpc) is 2.67. The van der Waals surface area contributed by atoms with Gasteiger partial charge in [-0.1, -0.05) is 35.9 Å². The van der Waals surface area contributed by atoms with Crippen molar-refractivity contribution in [3.8, 4) is 0 Å². The standard InChI is InChI=1S/C22H23ClN4O/c1-4-27(19-7-5-6-15(2)12-19)22(28)18-10-8-17(9-11-18)14-24-21-13-20(23)25-16(3)26-21/h5-13H,4,14H2,1-3H3,(H,24,25,26). The van der Waals surface area contributed by atoms with Crippen molar-refractivity contribution < 1.29 is 4.79 Å². The minimum Gasteiger partial charge on any atom is -0.366 e. The van der Waals surface area contributed by atoms with Crippen molar-refractivity contribution in [2.75, 3.05) is 16.8 Å². The van der Waals surface area contributed by atoms with Gasteiger partial charge in [0.25, 0.3) is 5.91 Å². The number of carbonyl (C=O) groups is 1. The third-order valence-corrected chi connectivity index (χ3v) is 4.55. The first-order valence-corrected chi connectivity index (χ1v) is 9.56. The molecule has 2 aromatic carbocycles. The third-order valence-electron chi connectivity index (χ3n) is 4.36. The van der Waals surface area contributed by atoms with Gasteiger partial charge < -0.3 is 10.2 Å². The van der Waals surface area contributed by atoms with E-state index in [1.54, 1.807) is 17.9 Å². The molecule has 0 atom stereocenters. The second-order valence-electron chi connectivity index (χ2n) is 6.56. The van der Waals surface area contributed by atoms with Gasteiger partial charge in [0.15, 0.2) is 0 Å². The number of amides is 1. The van der Waals surface area contributed by atoms with Crippen molar-refractivity contribution in [2.24, 2.45) is 0 Å². The molecule has 1 N–H and O–H groups in total. The second-order valence-corrected chi connectivity index (χ2v) is 6.95. The van der Waals surface area contributed by atoms with Gasteiger partial charge in [-0.15, -0.1) is 0 Å². The summed E-state index contributed by atoms with van der Waals surface area (Å²) in [5.74, 6) is 1.28. The molecule has 0 saturated heterocycles. The Balaban J connectivity index is 1.69. The lowest BCUT2D eigenvalue weighted by atomic mass is 10.1. The number of carbonyl (C=O) groups excluding carboxylic acids is 1. The van der Waals surface area contributed by atoms with Crippen LogP contribution in [0.4, 0.5) is 11.5 Å². The molecule has 1 heterocycles. The number of halogens is 1. The molecule has 0 saturated carbocycles. The van der Waals surface area contributed by atoms with Crippen LogP contribution >= 0.6 is 11.6 Å². The van der Waals surface area contributed by atoms with Crippen LogP contribution in [0.2, 0.25) is 5.15 Å². The van der Waals surface area contributed by atoms with Gasteiger partial charge in [-0.2, -0.15) is 0 Å². The summed E-state index contributed by atoms with van der Waals surface area (Å²) in [6.07, 6.45) is 0. The van der Waals surface area contributed by atoms with Gasteiger partial charge in [0.05, 0.1) is 0 Å². The smallest absolute Gasteiger partial charge is 0.258 e. The first kappa shape index (κ1) is 19.8. The minimum atomic E-state index is -0.00850. The number of benzene rings is 2. The van der Waals surface area contributed by atoms with E-state index in [1.165, 1.54) is 0 Å². The van der Waals surface area contributed by atoms with Gasteiger partial charge in [0.1, 0.15) is 16.8 Å². The van der Waals surface area contributed by atoms with Crippen molar-refractivity contribution in [2.45, 2.75) is 27.3 Å². The van der Waals surface area contributed by atoms with Gasteiger partial charge in [0.2, 0.25) is 0 Å². The van der Waals surface area contributed by atoms with E-state index in [-0.39, 0.29) is 5.91 Å². The van der Waals surface area contributed by atoms with Crippen molar-refractivity contribution in [3.63, 3.8) is 0 Å². The molecule has 0 radical (unpaired) electrons. The monoisotopic (exact) mass is 394 g/mol. The summed E-state index contributed by atoms with van der Waals surface area (Å²) in [6.45, 7) is 6.99. The molecule has 6 heteroatoms. The highest BCUT2D eigenvalue weighted by Crippen LogP contribution is 2.19. The van der Waals surface area contributed by atoms with E-state index in [9.17, 15) is 4.79 Å². The zero-order valence-electron chi connectivity index (χ0n) is 16.2. The Morgan fingerprint density at radius 3 is 2.46 bits per heavy atom. The van der Waals surface area contributed by atoms with Crippen LogP contribution in [0.5, 0.6) is 0 Å². The van der Waals surface area contributed by atoms with Gasteiger partial charge in [-0.3, -0.25) is 4.79 Å². The predicted molar refractivity (Wildman–Crippen MR) is 114 cm³/mol. The molecule has 0 aliphatic rings. The van der Waals surface area contributed by atoms with Crippen molar-refractivity contribution in [3.05, 3.63) is 82.3 Å². The van der Waals surface area contributed by atoms with Gasteiger partial charge in [-0.05, 0) is 56.2 Å².